The molecule has 120 valence electrons. The molecular formula is C18H20N2O2S. The van der Waals surface area contributed by atoms with E-state index < -0.39 is 5.91 Å². The molecule has 0 aliphatic carbocycles. The summed E-state index contributed by atoms with van der Waals surface area (Å²) in [5, 5.41) is 2.88. The van der Waals surface area contributed by atoms with Gasteiger partial charge in [-0.1, -0.05) is 31.2 Å². The predicted molar refractivity (Wildman–Crippen MR) is 94.7 cm³/mol. The summed E-state index contributed by atoms with van der Waals surface area (Å²) in [6.07, 6.45) is 0. The molecule has 0 saturated carbocycles. The molecule has 1 atom stereocenters. The predicted octanol–water partition coefficient (Wildman–Crippen LogP) is 3.46. The van der Waals surface area contributed by atoms with E-state index in [1.54, 1.807) is 36.9 Å². The number of carbonyl (C=O) groups excluding carboxylic acids is 2. The van der Waals surface area contributed by atoms with Gasteiger partial charge in [-0.2, -0.15) is 0 Å². The monoisotopic (exact) mass is 328 g/mol. The van der Waals surface area contributed by atoms with Crippen LogP contribution in [0.5, 0.6) is 0 Å². The van der Waals surface area contributed by atoms with Crippen LogP contribution in [0.25, 0.3) is 0 Å². The second-order valence-electron chi connectivity index (χ2n) is 5.36. The summed E-state index contributed by atoms with van der Waals surface area (Å²) in [6, 6.07) is 15.1. The largest absolute Gasteiger partial charge is 0.366 e. The van der Waals surface area contributed by atoms with Crippen LogP contribution in [0.3, 0.4) is 0 Å². The summed E-state index contributed by atoms with van der Waals surface area (Å²) in [4.78, 5) is 24.8. The van der Waals surface area contributed by atoms with E-state index in [4.69, 9.17) is 5.73 Å². The molecule has 0 aliphatic rings. The first-order valence-electron chi connectivity index (χ1n) is 7.37. The fourth-order valence-corrected chi connectivity index (χ4v) is 3.05. The molecule has 0 aromatic heterocycles. The number of primary amides is 1. The Kier molecular flexibility index (Phi) is 5.82. The Hall–Kier alpha value is -2.27. The minimum absolute atomic E-state index is 0.0712. The molecule has 5 heteroatoms. The molecule has 23 heavy (non-hydrogen) atoms. The fourth-order valence-electron chi connectivity index (χ4n) is 2.11. The van der Waals surface area contributed by atoms with Gasteiger partial charge in [0.05, 0.1) is 0 Å². The Morgan fingerprint density at radius 2 is 1.83 bits per heavy atom. The molecule has 3 N–H and O–H groups in total. The highest BCUT2D eigenvalue weighted by atomic mass is 32.2. The minimum Gasteiger partial charge on any atom is -0.366 e. The van der Waals surface area contributed by atoms with E-state index in [-0.39, 0.29) is 11.8 Å². The Morgan fingerprint density at radius 3 is 2.48 bits per heavy atom. The minimum atomic E-state index is -0.494. The molecule has 1 unspecified atom stereocenters. The van der Waals surface area contributed by atoms with E-state index in [0.29, 0.717) is 22.6 Å². The third-order valence-electron chi connectivity index (χ3n) is 3.55. The van der Waals surface area contributed by atoms with Crippen LogP contribution in [0.1, 0.15) is 22.8 Å². The molecule has 0 saturated heterocycles. The van der Waals surface area contributed by atoms with Gasteiger partial charge < -0.3 is 11.1 Å². The van der Waals surface area contributed by atoms with E-state index in [1.165, 1.54) is 0 Å². The average Bonchev–Trinajstić information content (AvgIpc) is 2.55. The molecule has 2 aromatic rings. The zero-order valence-corrected chi connectivity index (χ0v) is 14.0. The Labute approximate surface area is 140 Å². The van der Waals surface area contributed by atoms with Crippen LogP contribution in [-0.2, 0) is 4.79 Å². The van der Waals surface area contributed by atoms with Gasteiger partial charge in [0.25, 0.3) is 0 Å². The second kappa shape index (κ2) is 7.83. The molecule has 0 spiro atoms. The van der Waals surface area contributed by atoms with Crippen molar-refractivity contribution in [2.45, 2.75) is 18.7 Å². The number of hydrogen-bond acceptors (Lipinski definition) is 3. The smallest absolute Gasteiger partial charge is 0.249 e. The lowest BCUT2D eigenvalue weighted by Gasteiger charge is -2.14. The average molecular weight is 328 g/mol. The van der Waals surface area contributed by atoms with Crippen molar-refractivity contribution < 1.29 is 9.59 Å². The highest BCUT2D eigenvalue weighted by Gasteiger charge is 2.16. The highest BCUT2D eigenvalue weighted by molar-refractivity contribution is 7.99. The van der Waals surface area contributed by atoms with E-state index in [2.05, 4.69) is 5.32 Å². The van der Waals surface area contributed by atoms with Crippen molar-refractivity contribution in [3.8, 4) is 0 Å². The summed E-state index contributed by atoms with van der Waals surface area (Å²) in [7, 11) is 0. The van der Waals surface area contributed by atoms with Gasteiger partial charge in [0, 0.05) is 27.8 Å². The lowest BCUT2D eigenvalue weighted by molar-refractivity contribution is -0.118. The fraction of sp³-hybridized carbons (Fsp3) is 0.222. The summed E-state index contributed by atoms with van der Waals surface area (Å²) in [6.45, 7) is 3.66. The normalized spacial score (nSPS) is 11.7. The van der Waals surface area contributed by atoms with Crippen molar-refractivity contribution in [3.63, 3.8) is 0 Å². The molecule has 2 amide bonds. The van der Waals surface area contributed by atoms with Crippen LogP contribution >= 0.6 is 11.8 Å². The first kappa shape index (κ1) is 17.1. The van der Waals surface area contributed by atoms with Gasteiger partial charge in [0.2, 0.25) is 11.8 Å². The van der Waals surface area contributed by atoms with E-state index >= 15 is 0 Å². The zero-order valence-electron chi connectivity index (χ0n) is 13.2. The van der Waals surface area contributed by atoms with Crippen molar-refractivity contribution in [1.29, 1.82) is 0 Å². The van der Waals surface area contributed by atoms with E-state index in [9.17, 15) is 9.59 Å². The standard InChI is InChI=1S/C18H20N2O2S/c1-12(11-23-14-7-4-3-5-8-14)18(22)20-16-10-6-9-15(13(16)2)17(19)21/h3-10,12H,11H2,1-2H3,(H2,19,21)(H,20,22). The van der Waals surface area contributed by atoms with Gasteiger partial charge in [-0.05, 0) is 36.8 Å². The van der Waals surface area contributed by atoms with Gasteiger partial charge in [0.15, 0.2) is 0 Å². The van der Waals surface area contributed by atoms with Gasteiger partial charge in [-0.15, -0.1) is 11.8 Å². The van der Waals surface area contributed by atoms with Crippen LogP contribution in [0, 0.1) is 12.8 Å². The first-order valence-corrected chi connectivity index (χ1v) is 8.35. The third kappa shape index (κ3) is 4.60. The Bertz CT molecular complexity index is 701. The third-order valence-corrected chi connectivity index (χ3v) is 4.82. The van der Waals surface area contributed by atoms with Crippen LogP contribution in [0.15, 0.2) is 53.4 Å². The number of rotatable bonds is 6. The number of thioether (sulfide) groups is 1. The molecule has 2 rings (SSSR count). The van der Waals surface area contributed by atoms with Crippen molar-refractivity contribution in [2.24, 2.45) is 11.7 Å². The maximum Gasteiger partial charge on any atom is 0.249 e. The summed E-state index contributed by atoms with van der Waals surface area (Å²) in [5.74, 6) is -0.0361. The van der Waals surface area contributed by atoms with Gasteiger partial charge >= 0.3 is 0 Å². The quantitative estimate of drug-likeness (QED) is 0.798. The second-order valence-corrected chi connectivity index (χ2v) is 6.45. The van der Waals surface area contributed by atoms with Crippen molar-refractivity contribution in [1.82, 2.24) is 0 Å². The Balaban J connectivity index is 1.98. The number of nitrogens with one attached hydrogen (secondary N) is 1. The molecular weight excluding hydrogens is 308 g/mol. The van der Waals surface area contributed by atoms with Crippen LogP contribution in [0.2, 0.25) is 0 Å². The van der Waals surface area contributed by atoms with Crippen molar-refractivity contribution in [2.75, 3.05) is 11.1 Å². The maximum atomic E-state index is 12.3. The number of hydrogen-bond donors (Lipinski definition) is 2. The summed E-state index contributed by atoms with van der Waals surface area (Å²) >= 11 is 1.64. The van der Waals surface area contributed by atoms with E-state index in [1.807, 2.05) is 37.3 Å². The topological polar surface area (TPSA) is 72.2 Å². The molecule has 0 fully saturated rings. The molecule has 0 heterocycles. The molecule has 0 bridgehead atoms. The number of nitrogens with two attached hydrogens (primary N) is 1. The lowest BCUT2D eigenvalue weighted by atomic mass is 10.1. The molecule has 2 aromatic carbocycles. The van der Waals surface area contributed by atoms with Crippen LogP contribution in [0.4, 0.5) is 5.69 Å². The molecule has 4 nitrogen and oxygen atoms in total. The van der Waals surface area contributed by atoms with Crippen molar-refractivity contribution >= 4 is 29.3 Å². The van der Waals surface area contributed by atoms with Crippen LogP contribution in [-0.4, -0.2) is 17.6 Å². The number of amides is 2. The molecule has 0 radical (unpaired) electrons. The number of benzene rings is 2. The molecule has 0 aliphatic heterocycles. The lowest BCUT2D eigenvalue weighted by Crippen LogP contribution is -2.23. The van der Waals surface area contributed by atoms with Gasteiger partial charge in [-0.25, -0.2) is 0 Å². The van der Waals surface area contributed by atoms with Gasteiger partial charge in [-0.3, -0.25) is 9.59 Å². The summed E-state index contributed by atoms with van der Waals surface area (Å²) in [5.41, 5.74) is 7.07. The highest BCUT2D eigenvalue weighted by Crippen LogP contribution is 2.23. The van der Waals surface area contributed by atoms with Gasteiger partial charge in [0.1, 0.15) is 0 Å². The van der Waals surface area contributed by atoms with Crippen molar-refractivity contribution in [3.05, 3.63) is 59.7 Å². The SMILES string of the molecule is Cc1c(NC(=O)C(C)CSc2ccccc2)cccc1C(N)=O. The van der Waals surface area contributed by atoms with E-state index in [0.717, 1.165) is 4.90 Å². The first-order chi connectivity index (χ1) is 11.0. The summed E-state index contributed by atoms with van der Waals surface area (Å²) < 4.78 is 0. The Morgan fingerprint density at radius 1 is 1.13 bits per heavy atom. The van der Waals surface area contributed by atoms with Crippen LogP contribution < -0.4 is 11.1 Å². The number of carbonyl (C=O) groups is 2. The maximum absolute atomic E-state index is 12.3. The zero-order chi connectivity index (χ0) is 16.8. The number of anilines is 1.